The number of rotatable bonds is 5. The Morgan fingerprint density at radius 2 is 2.00 bits per heavy atom. The van der Waals surface area contributed by atoms with Gasteiger partial charge in [0.2, 0.25) is 11.8 Å². The van der Waals surface area contributed by atoms with E-state index in [1.807, 2.05) is 0 Å². The lowest BCUT2D eigenvalue weighted by atomic mass is 10.1. The van der Waals surface area contributed by atoms with Crippen molar-refractivity contribution in [1.29, 1.82) is 0 Å². The first-order valence-corrected chi connectivity index (χ1v) is 9.41. The molecular formula is C16H22N2O4S. The summed E-state index contributed by atoms with van der Waals surface area (Å²) in [6, 6.07) is 5.26. The first kappa shape index (κ1) is 17.5. The Kier molecular flexibility index (Phi) is 5.09. The average Bonchev–Trinajstić information content (AvgIpc) is 2.78. The number of nitrogens with one attached hydrogen (secondary N) is 1. The summed E-state index contributed by atoms with van der Waals surface area (Å²) in [6.45, 7) is 5.75. The van der Waals surface area contributed by atoms with Gasteiger partial charge >= 0.3 is 0 Å². The molecule has 0 unspecified atom stereocenters. The Morgan fingerprint density at radius 1 is 1.30 bits per heavy atom. The minimum atomic E-state index is -3.40. The van der Waals surface area contributed by atoms with Crippen LogP contribution in [0.15, 0.2) is 18.2 Å². The van der Waals surface area contributed by atoms with Crippen LogP contribution in [0.1, 0.15) is 26.3 Å². The van der Waals surface area contributed by atoms with Crippen LogP contribution in [-0.4, -0.2) is 38.3 Å². The molecule has 126 valence electrons. The smallest absolute Gasteiger partial charge is 0.239 e. The van der Waals surface area contributed by atoms with Crippen molar-refractivity contribution in [3.05, 3.63) is 23.8 Å². The molecule has 6 nitrogen and oxygen atoms in total. The molecule has 0 aliphatic carbocycles. The monoisotopic (exact) mass is 338 g/mol. The molecule has 0 aromatic heterocycles. The van der Waals surface area contributed by atoms with Crippen molar-refractivity contribution >= 4 is 33.0 Å². The van der Waals surface area contributed by atoms with Gasteiger partial charge in [0.05, 0.1) is 5.75 Å². The fourth-order valence-electron chi connectivity index (χ4n) is 2.77. The molecule has 1 heterocycles. The van der Waals surface area contributed by atoms with Gasteiger partial charge < -0.3 is 10.2 Å². The fraction of sp³-hybridized carbons (Fsp3) is 0.500. The van der Waals surface area contributed by atoms with Crippen LogP contribution >= 0.6 is 0 Å². The number of anilines is 2. The zero-order chi connectivity index (χ0) is 17.2. The molecule has 1 N–H and O–H groups in total. The topological polar surface area (TPSA) is 83.6 Å². The van der Waals surface area contributed by atoms with Gasteiger partial charge in [0, 0.05) is 24.8 Å². The predicted octanol–water partition coefficient (Wildman–Crippen LogP) is 1.60. The van der Waals surface area contributed by atoms with Crippen LogP contribution in [0.5, 0.6) is 0 Å². The summed E-state index contributed by atoms with van der Waals surface area (Å²) in [5.41, 5.74) is 2.38. The van der Waals surface area contributed by atoms with Gasteiger partial charge in [-0.2, -0.15) is 0 Å². The highest BCUT2D eigenvalue weighted by Gasteiger charge is 2.23. The Balaban J connectivity index is 2.05. The van der Waals surface area contributed by atoms with Gasteiger partial charge in [-0.15, -0.1) is 0 Å². The van der Waals surface area contributed by atoms with E-state index in [9.17, 15) is 18.0 Å². The summed E-state index contributed by atoms with van der Waals surface area (Å²) < 4.78 is 23.7. The molecule has 2 amide bonds. The minimum Gasteiger partial charge on any atom is -0.325 e. The summed E-state index contributed by atoms with van der Waals surface area (Å²) in [6.07, 6.45) is 0.726. The van der Waals surface area contributed by atoms with Crippen LogP contribution < -0.4 is 10.2 Å². The van der Waals surface area contributed by atoms with E-state index in [0.717, 1.165) is 17.7 Å². The van der Waals surface area contributed by atoms with Crippen LogP contribution in [-0.2, 0) is 25.8 Å². The first-order chi connectivity index (χ1) is 10.7. The standard InChI is InChI=1S/C16H22N2O4S/c1-11(2)9-23(21,22)10-16(20)17-14-4-5-15-13(8-14)6-7-18(15)12(3)19/h4-5,8,11H,6-7,9-10H2,1-3H3,(H,17,20). The van der Waals surface area contributed by atoms with Crippen molar-refractivity contribution in [2.24, 2.45) is 5.92 Å². The number of amides is 2. The zero-order valence-electron chi connectivity index (χ0n) is 13.6. The number of sulfone groups is 1. The normalized spacial score (nSPS) is 14.0. The van der Waals surface area contributed by atoms with Crippen LogP contribution in [0.4, 0.5) is 11.4 Å². The van der Waals surface area contributed by atoms with E-state index in [0.29, 0.717) is 12.2 Å². The maximum Gasteiger partial charge on any atom is 0.239 e. The molecule has 1 aliphatic heterocycles. The summed E-state index contributed by atoms with van der Waals surface area (Å²) in [4.78, 5) is 25.1. The third kappa shape index (κ3) is 4.54. The molecule has 0 bridgehead atoms. The van der Waals surface area contributed by atoms with Gasteiger partial charge in [-0.1, -0.05) is 13.8 Å². The second-order valence-corrected chi connectivity index (χ2v) is 8.37. The number of nitrogens with zero attached hydrogens (tertiary/aromatic N) is 1. The molecule has 7 heteroatoms. The molecule has 0 radical (unpaired) electrons. The number of fused-ring (bicyclic) bond motifs is 1. The Bertz CT molecular complexity index is 726. The highest BCUT2D eigenvalue weighted by atomic mass is 32.2. The van der Waals surface area contributed by atoms with Gasteiger partial charge in [-0.05, 0) is 36.1 Å². The molecule has 23 heavy (non-hydrogen) atoms. The maximum absolute atomic E-state index is 11.9. The SMILES string of the molecule is CC(=O)N1CCc2cc(NC(=O)CS(=O)(=O)CC(C)C)ccc21. The largest absolute Gasteiger partial charge is 0.325 e. The van der Waals surface area contributed by atoms with Gasteiger partial charge in [-0.3, -0.25) is 9.59 Å². The lowest BCUT2D eigenvalue weighted by Crippen LogP contribution is -2.26. The highest BCUT2D eigenvalue weighted by molar-refractivity contribution is 7.92. The Labute approximate surface area is 136 Å². The van der Waals surface area contributed by atoms with Crippen LogP contribution in [0.2, 0.25) is 0 Å². The van der Waals surface area contributed by atoms with Crippen LogP contribution in [0.3, 0.4) is 0 Å². The number of hydrogen-bond acceptors (Lipinski definition) is 4. The molecule has 0 atom stereocenters. The van der Waals surface area contributed by atoms with Gasteiger partial charge in [0.1, 0.15) is 5.75 Å². The van der Waals surface area contributed by atoms with Crippen molar-refractivity contribution in [2.75, 3.05) is 28.3 Å². The predicted molar refractivity (Wildman–Crippen MR) is 90.3 cm³/mol. The van der Waals surface area contributed by atoms with Crippen molar-refractivity contribution < 1.29 is 18.0 Å². The van der Waals surface area contributed by atoms with Crippen LogP contribution in [0.25, 0.3) is 0 Å². The quantitative estimate of drug-likeness (QED) is 0.884. The average molecular weight is 338 g/mol. The highest BCUT2D eigenvalue weighted by Crippen LogP contribution is 2.30. The molecule has 1 aromatic carbocycles. The van der Waals surface area contributed by atoms with E-state index >= 15 is 0 Å². The number of carbonyl (C=O) groups is 2. The summed E-state index contributed by atoms with van der Waals surface area (Å²) >= 11 is 0. The van der Waals surface area contributed by atoms with E-state index in [1.54, 1.807) is 36.9 Å². The van der Waals surface area contributed by atoms with E-state index in [-0.39, 0.29) is 17.6 Å². The van der Waals surface area contributed by atoms with Crippen molar-refractivity contribution in [3.63, 3.8) is 0 Å². The van der Waals surface area contributed by atoms with E-state index in [4.69, 9.17) is 0 Å². The summed E-state index contributed by atoms with van der Waals surface area (Å²) in [7, 11) is -3.40. The Morgan fingerprint density at radius 3 is 2.61 bits per heavy atom. The fourth-order valence-corrected chi connectivity index (χ4v) is 4.38. The van der Waals surface area contributed by atoms with Gasteiger partial charge in [-0.25, -0.2) is 8.42 Å². The van der Waals surface area contributed by atoms with Crippen molar-refractivity contribution in [2.45, 2.75) is 27.2 Å². The number of carbonyl (C=O) groups excluding carboxylic acids is 2. The third-order valence-electron chi connectivity index (χ3n) is 3.58. The van der Waals surface area contributed by atoms with Gasteiger partial charge in [0.25, 0.3) is 0 Å². The van der Waals surface area contributed by atoms with Crippen molar-refractivity contribution in [3.8, 4) is 0 Å². The maximum atomic E-state index is 11.9. The van der Waals surface area contributed by atoms with Gasteiger partial charge in [0.15, 0.2) is 9.84 Å². The third-order valence-corrected chi connectivity index (χ3v) is 5.45. The molecular weight excluding hydrogens is 316 g/mol. The second-order valence-electron chi connectivity index (χ2n) is 6.26. The first-order valence-electron chi connectivity index (χ1n) is 7.59. The van der Waals surface area contributed by atoms with E-state index in [1.165, 1.54) is 6.92 Å². The molecule has 0 spiro atoms. The molecule has 1 aromatic rings. The Hall–Kier alpha value is -1.89. The lowest BCUT2D eigenvalue weighted by Gasteiger charge is -2.15. The second kappa shape index (κ2) is 6.70. The summed E-state index contributed by atoms with van der Waals surface area (Å²) in [5.74, 6) is -1.07. The molecule has 2 rings (SSSR count). The molecule has 0 saturated heterocycles. The zero-order valence-corrected chi connectivity index (χ0v) is 14.4. The minimum absolute atomic E-state index is 0.00181. The van der Waals surface area contributed by atoms with E-state index in [2.05, 4.69) is 5.32 Å². The molecule has 0 fully saturated rings. The molecule has 0 saturated carbocycles. The van der Waals surface area contributed by atoms with Crippen LogP contribution in [0, 0.1) is 5.92 Å². The number of benzene rings is 1. The lowest BCUT2D eigenvalue weighted by molar-refractivity contribution is -0.116. The van der Waals surface area contributed by atoms with E-state index < -0.39 is 21.5 Å². The summed E-state index contributed by atoms with van der Waals surface area (Å²) in [5, 5.41) is 2.62. The van der Waals surface area contributed by atoms with Crippen molar-refractivity contribution in [1.82, 2.24) is 0 Å². The number of hydrogen-bond donors (Lipinski definition) is 1. The molecule has 1 aliphatic rings.